The third-order valence-electron chi connectivity index (χ3n) is 4.37. The molecule has 0 bridgehead atoms. The Labute approximate surface area is 152 Å². The number of carbonyl (C=O) groups excluding carboxylic acids is 1. The van der Waals surface area contributed by atoms with Crippen LogP contribution in [0, 0.1) is 0 Å². The van der Waals surface area contributed by atoms with E-state index in [1.54, 1.807) is 12.1 Å². The molecule has 0 radical (unpaired) electrons. The number of nitrogens with zero attached hydrogens (tertiary/aromatic N) is 1. The predicted octanol–water partition coefficient (Wildman–Crippen LogP) is 1.20. The molecule has 7 nitrogen and oxygen atoms in total. The molecule has 1 amide bonds. The number of aromatic amines is 1. The summed E-state index contributed by atoms with van der Waals surface area (Å²) in [6, 6.07) is 4.20. The Morgan fingerprint density at radius 3 is 2.59 bits per heavy atom. The lowest BCUT2D eigenvalue weighted by atomic mass is 10.2. The molecule has 1 atom stereocenters. The molecule has 1 saturated heterocycles. The molecule has 146 valence electrons. The summed E-state index contributed by atoms with van der Waals surface area (Å²) in [6.45, 7) is 0.752. The van der Waals surface area contributed by atoms with E-state index in [0.717, 1.165) is 0 Å². The van der Waals surface area contributed by atoms with Gasteiger partial charge in [0.2, 0.25) is 0 Å². The summed E-state index contributed by atoms with van der Waals surface area (Å²) in [5.74, 6) is -0.443. The highest BCUT2D eigenvalue weighted by Crippen LogP contribution is 2.25. The normalized spacial score (nSPS) is 16.9. The molecular formula is C17H19F3N4O3. The minimum absolute atomic E-state index is 0.235. The molecule has 1 aliphatic rings. The van der Waals surface area contributed by atoms with Gasteiger partial charge in [-0.3, -0.25) is 14.5 Å². The van der Waals surface area contributed by atoms with Crippen LogP contribution in [0.2, 0.25) is 0 Å². The second kappa shape index (κ2) is 7.97. The second-order valence-electron chi connectivity index (χ2n) is 6.15. The highest BCUT2D eigenvalue weighted by Gasteiger charge is 2.43. The number of halogens is 3. The van der Waals surface area contributed by atoms with Gasteiger partial charge in [-0.15, -0.1) is 0 Å². The first-order valence-corrected chi connectivity index (χ1v) is 8.43. The van der Waals surface area contributed by atoms with Crippen molar-refractivity contribution in [2.45, 2.75) is 12.2 Å². The van der Waals surface area contributed by atoms with Crippen molar-refractivity contribution in [2.24, 2.45) is 0 Å². The Kier molecular flexibility index (Phi) is 5.66. The number of furan rings is 1. The highest BCUT2D eigenvalue weighted by atomic mass is 19.4. The molecule has 2 aromatic rings. The maximum absolute atomic E-state index is 13.4. The van der Waals surface area contributed by atoms with Crippen molar-refractivity contribution in [1.29, 1.82) is 0 Å². The van der Waals surface area contributed by atoms with Gasteiger partial charge in [0.15, 0.2) is 0 Å². The molecule has 0 aliphatic carbocycles. The minimum atomic E-state index is -4.49. The molecule has 0 aromatic carbocycles. The van der Waals surface area contributed by atoms with Gasteiger partial charge in [0.25, 0.3) is 11.5 Å². The lowest BCUT2D eigenvalue weighted by Crippen LogP contribution is -2.57. The summed E-state index contributed by atoms with van der Waals surface area (Å²) in [6.07, 6.45) is -3.05. The third kappa shape index (κ3) is 4.58. The fraction of sp³-hybridized carbons (Fsp3) is 0.412. The molecule has 1 aliphatic heterocycles. The predicted molar refractivity (Wildman–Crippen MR) is 91.4 cm³/mol. The molecule has 3 N–H and O–H groups in total. The standard InChI is InChI=1S/C17H19F3N4O3/c18-17(19,20)14(24-7-5-21-6-8-24)10-22-15(25)11-3-4-12(23-16(11)26)13-2-1-9-27-13/h1-4,9,14,21H,5-8,10H2,(H,22,25)(H,23,26). The van der Waals surface area contributed by atoms with Gasteiger partial charge < -0.3 is 20.0 Å². The van der Waals surface area contributed by atoms with Crippen molar-refractivity contribution in [1.82, 2.24) is 20.5 Å². The Hall–Kier alpha value is -2.59. The Morgan fingerprint density at radius 1 is 1.26 bits per heavy atom. The van der Waals surface area contributed by atoms with Gasteiger partial charge >= 0.3 is 6.18 Å². The van der Waals surface area contributed by atoms with E-state index in [4.69, 9.17) is 4.42 Å². The summed E-state index contributed by atoms with van der Waals surface area (Å²) < 4.78 is 45.2. The smallest absolute Gasteiger partial charge is 0.405 e. The van der Waals surface area contributed by atoms with Crippen LogP contribution in [0.1, 0.15) is 10.4 Å². The average molecular weight is 384 g/mol. The van der Waals surface area contributed by atoms with Crippen LogP contribution in [0.15, 0.2) is 39.7 Å². The number of pyridine rings is 1. The summed E-state index contributed by atoms with van der Waals surface area (Å²) in [5, 5.41) is 5.22. The Balaban J connectivity index is 1.69. The molecule has 27 heavy (non-hydrogen) atoms. The van der Waals surface area contributed by atoms with E-state index >= 15 is 0 Å². The second-order valence-corrected chi connectivity index (χ2v) is 6.15. The van der Waals surface area contributed by atoms with Gasteiger partial charge in [0.05, 0.1) is 12.0 Å². The third-order valence-corrected chi connectivity index (χ3v) is 4.37. The van der Waals surface area contributed by atoms with Crippen molar-refractivity contribution < 1.29 is 22.4 Å². The zero-order valence-corrected chi connectivity index (χ0v) is 14.3. The van der Waals surface area contributed by atoms with Crippen molar-refractivity contribution in [2.75, 3.05) is 32.7 Å². The van der Waals surface area contributed by atoms with Gasteiger partial charge in [0, 0.05) is 32.7 Å². The molecule has 1 unspecified atom stereocenters. The number of nitrogens with one attached hydrogen (secondary N) is 3. The number of hydrogen-bond donors (Lipinski definition) is 3. The van der Waals surface area contributed by atoms with E-state index in [1.807, 2.05) is 0 Å². The maximum Gasteiger partial charge on any atom is 0.405 e. The van der Waals surface area contributed by atoms with Crippen LogP contribution < -0.4 is 16.2 Å². The summed E-state index contributed by atoms with van der Waals surface area (Å²) >= 11 is 0. The average Bonchev–Trinajstić information content (AvgIpc) is 3.16. The minimum Gasteiger partial charge on any atom is -0.463 e. The number of hydrogen-bond acceptors (Lipinski definition) is 5. The van der Waals surface area contributed by atoms with Gasteiger partial charge in [-0.1, -0.05) is 0 Å². The van der Waals surface area contributed by atoms with Crippen molar-refractivity contribution in [3.05, 3.63) is 46.4 Å². The molecular weight excluding hydrogens is 365 g/mol. The first kappa shape index (κ1) is 19.2. The van der Waals surface area contributed by atoms with E-state index in [1.165, 1.54) is 23.3 Å². The van der Waals surface area contributed by atoms with E-state index in [-0.39, 0.29) is 18.7 Å². The topological polar surface area (TPSA) is 90.4 Å². The molecule has 3 heterocycles. The highest BCUT2D eigenvalue weighted by molar-refractivity contribution is 5.94. The summed E-state index contributed by atoms with van der Waals surface area (Å²) in [4.78, 5) is 28.1. The first-order valence-electron chi connectivity index (χ1n) is 8.43. The Morgan fingerprint density at radius 2 is 2.00 bits per heavy atom. The summed E-state index contributed by atoms with van der Waals surface area (Å²) in [7, 11) is 0. The van der Waals surface area contributed by atoms with Gasteiger partial charge in [-0.05, 0) is 24.3 Å². The van der Waals surface area contributed by atoms with Crippen LogP contribution in [-0.4, -0.2) is 60.7 Å². The van der Waals surface area contributed by atoms with Gasteiger partial charge in [-0.2, -0.15) is 13.2 Å². The zero-order valence-electron chi connectivity index (χ0n) is 14.3. The van der Waals surface area contributed by atoms with E-state index in [0.29, 0.717) is 24.5 Å². The zero-order chi connectivity index (χ0) is 19.4. The molecule has 1 fully saturated rings. The molecule has 10 heteroatoms. The van der Waals surface area contributed by atoms with E-state index in [2.05, 4.69) is 15.6 Å². The SMILES string of the molecule is O=C(NCC(N1CCNCC1)C(F)(F)F)c1ccc(-c2ccco2)[nH]c1=O. The van der Waals surface area contributed by atoms with Crippen LogP contribution in [0.5, 0.6) is 0 Å². The number of amides is 1. The fourth-order valence-corrected chi connectivity index (χ4v) is 2.96. The first-order chi connectivity index (χ1) is 12.9. The number of piperazine rings is 1. The number of H-pyrrole nitrogens is 1. The number of carbonyl (C=O) groups is 1. The van der Waals surface area contributed by atoms with E-state index < -0.39 is 30.2 Å². The van der Waals surface area contributed by atoms with Crippen LogP contribution in [0.4, 0.5) is 13.2 Å². The monoisotopic (exact) mass is 384 g/mol. The fourth-order valence-electron chi connectivity index (χ4n) is 2.96. The number of rotatable bonds is 5. The van der Waals surface area contributed by atoms with E-state index in [9.17, 15) is 22.8 Å². The number of alkyl halides is 3. The molecule has 3 rings (SSSR count). The maximum atomic E-state index is 13.4. The largest absolute Gasteiger partial charge is 0.463 e. The van der Waals surface area contributed by atoms with Crippen LogP contribution in [0.3, 0.4) is 0 Å². The van der Waals surface area contributed by atoms with Gasteiger partial charge in [-0.25, -0.2) is 0 Å². The lowest BCUT2D eigenvalue weighted by molar-refractivity contribution is -0.183. The van der Waals surface area contributed by atoms with Crippen LogP contribution in [-0.2, 0) is 0 Å². The molecule has 0 spiro atoms. The Bertz CT molecular complexity index is 827. The van der Waals surface area contributed by atoms with Gasteiger partial charge in [0.1, 0.15) is 17.4 Å². The van der Waals surface area contributed by atoms with Crippen molar-refractivity contribution >= 4 is 5.91 Å². The summed E-state index contributed by atoms with van der Waals surface area (Å²) in [5.41, 5.74) is -0.589. The van der Waals surface area contributed by atoms with Crippen LogP contribution in [0.25, 0.3) is 11.5 Å². The molecule has 2 aromatic heterocycles. The molecule has 0 saturated carbocycles. The quantitative estimate of drug-likeness (QED) is 0.721. The van der Waals surface area contributed by atoms with Crippen LogP contribution >= 0.6 is 0 Å². The lowest BCUT2D eigenvalue weighted by Gasteiger charge is -2.35. The van der Waals surface area contributed by atoms with Crippen molar-refractivity contribution in [3.63, 3.8) is 0 Å². The number of aromatic nitrogens is 1. The van der Waals surface area contributed by atoms with Crippen molar-refractivity contribution in [3.8, 4) is 11.5 Å².